The van der Waals surface area contributed by atoms with Gasteiger partial charge in [0.05, 0.1) is 0 Å². The van der Waals surface area contributed by atoms with E-state index < -0.39 is 6.10 Å². The van der Waals surface area contributed by atoms with Crippen LogP contribution in [0, 0.1) is 0 Å². The van der Waals surface area contributed by atoms with Crippen molar-refractivity contribution >= 4 is 21.7 Å². The third kappa shape index (κ3) is 2.53. The van der Waals surface area contributed by atoms with E-state index in [4.69, 9.17) is 0 Å². The van der Waals surface area contributed by atoms with Gasteiger partial charge in [-0.05, 0) is 24.6 Å². The molecule has 0 bridgehead atoms. The second kappa shape index (κ2) is 4.53. The van der Waals surface area contributed by atoms with Gasteiger partial charge in [-0.25, -0.2) is 0 Å². The molecule has 0 amide bonds. The van der Waals surface area contributed by atoms with Gasteiger partial charge < -0.3 is 5.11 Å². The van der Waals surface area contributed by atoms with Crippen LogP contribution in [0.4, 0.5) is 0 Å². The zero-order valence-corrected chi connectivity index (χ0v) is 9.41. The van der Waals surface area contributed by atoms with Gasteiger partial charge in [-0.2, -0.15) is 0 Å². The van der Waals surface area contributed by atoms with Crippen LogP contribution in [0.1, 0.15) is 18.6 Å². The number of carbonyl (C=O) groups is 1. The van der Waals surface area contributed by atoms with Crippen molar-refractivity contribution in [2.24, 2.45) is 0 Å². The van der Waals surface area contributed by atoms with E-state index in [0.29, 0.717) is 5.56 Å². The summed E-state index contributed by atoms with van der Waals surface area (Å²) in [6.45, 7) is 4.93. The number of Topliss-reactive ketones (excluding diaryl/α,β-unsaturated/α-hetero) is 1. The second-order valence-corrected chi connectivity index (χ2v) is 3.95. The largest absolute Gasteiger partial charge is 0.384 e. The summed E-state index contributed by atoms with van der Waals surface area (Å²) in [5, 5.41) is 9.71. The van der Waals surface area contributed by atoms with Crippen LogP contribution < -0.4 is 0 Å². The van der Waals surface area contributed by atoms with Crippen molar-refractivity contribution in [3.05, 3.63) is 46.5 Å². The van der Waals surface area contributed by atoms with Crippen LogP contribution in [-0.4, -0.2) is 10.9 Å². The molecule has 0 radical (unpaired) electrons. The van der Waals surface area contributed by atoms with Crippen LogP contribution >= 0.6 is 15.9 Å². The monoisotopic (exact) mass is 254 g/mol. The number of aliphatic hydroxyl groups excluding tert-OH is 1. The minimum absolute atomic E-state index is 0.194. The molecule has 0 spiro atoms. The Morgan fingerprint density at radius 3 is 2.36 bits per heavy atom. The van der Waals surface area contributed by atoms with E-state index in [1.165, 1.54) is 6.92 Å². The van der Waals surface area contributed by atoms with Crippen LogP contribution in [-0.2, 0) is 4.79 Å². The number of carbonyl (C=O) groups excluding carboxylic acids is 1. The molecule has 1 atom stereocenters. The zero-order valence-electron chi connectivity index (χ0n) is 7.83. The topological polar surface area (TPSA) is 37.3 Å². The third-order valence-corrected chi connectivity index (χ3v) is 2.50. The molecule has 0 aromatic heterocycles. The number of benzene rings is 1. The molecule has 2 nitrogen and oxygen atoms in total. The number of halogens is 1. The molecule has 0 heterocycles. The molecular formula is C11H11BrO2. The molecule has 74 valence electrons. The fourth-order valence-electron chi connectivity index (χ4n) is 1.04. The molecule has 0 fully saturated rings. The van der Waals surface area contributed by atoms with Gasteiger partial charge in [0.2, 0.25) is 0 Å². The van der Waals surface area contributed by atoms with Gasteiger partial charge in [-0.15, -0.1) is 0 Å². The van der Waals surface area contributed by atoms with Gasteiger partial charge in [-0.1, -0.05) is 34.6 Å². The number of hydrogen-bond acceptors (Lipinski definition) is 2. The molecule has 14 heavy (non-hydrogen) atoms. The molecule has 0 unspecified atom stereocenters. The highest BCUT2D eigenvalue weighted by Crippen LogP contribution is 2.22. The van der Waals surface area contributed by atoms with Crippen molar-refractivity contribution < 1.29 is 9.90 Å². The van der Waals surface area contributed by atoms with Crippen LogP contribution in [0.15, 0.2) is 40.9 Å². The van der Waals surface area contributed by atoms with Crippen molar-refractivity contribution in [3.8, 4) is 0 Å². The average Bonchev–Trinajstić information content (AvgIpc) is 2.16. The molecule has 0 aliphatic carbocycles. The Morgan fingerprint density at radius 2 is 1.93 bits per heavy atom. The minimum Gasteiger partial charge on any atom is -0.384 e. The fourth-order valence-corrected chi connectivity index (χ4v) is 1.30. The summed E-state index contributed by atoms with van der Waals surface area (Å²) in [5.74, 6) is -0.194. The maximum atomic E-state index is 11.0. The normalized spacial score (nSPS) is 12.2. The fraction of sp³-hybridized carbons (Fsp3) is 0.182. The highest BCUT2D eigenvalue weighted by atomic mass is 79.9. The lowest BCUT2D eigenvalue weighted by molar-refractivity contribution is -0.114. The first kappa shape index (κ1) is 11.1. The van der Waals surface area contributed by atoms with Crippen molar-refractivity contribution in [3.63, 3.8) is 0 Å². The highest BCUT2D eigenvalue weighted by molar-refractivity contribution is 9.10. The van der Waals surface area contributed by atoms with Gasteiger partial charge in [0.15, 0.2) is 5.78 Å². The van der Waals surface area contributed by atoms with Crippen LogP contribution in [0.5, 0.6) is 0 Å². The molecule has 0 saturated carbocycles. The van der Waals surface area contributed by atoms with Gasteiger partial charge in [-0.3, -0.25) is 4.79 Å². The Kier molecular flexibility index (Phi) is 3.61. The summed E-state index contributed by atoms with van der Waals surface area (Å²) in [6.07, 6.45) is -0.902. The Morgan fingerprint density at radius 1 is 1.43 bits per heavy atom. The van der Waals surface area contributed by atoms with E-state index in [9.17, 15) is 9.90 Å². The van der Waals surface area contributed by atoms with E-state index >= 15 is 0 Å². The summed E-state index contributed by atoms with van der Waals surface area (Å²) in [6, 6.07) is 7.13. The molecule has 1 aromatic rings. The Labute approximate surface area is 91.4 Å². The van der Waals surface area contributed by atoms with Gasteiger partial charge in [0, 0.05) is 10.0 Å². The number of hydrogen-bond donors (Lipinski definition) is 1. The summed E-state index contributed by atoms with van der Waals surface area (Å²) in [7, 11) is 0. The predicted molar refractivity (Wildman–Crippen MR) is 58.9 cm³/mol. The van der Waals surface area contributed by atoms with Crippen molar-refractivity contribution in [1.82, 2.24) is 0 Å². The lowest BCUT2D eigenvalue weighted by atomic mass is 10.0. The second-order valence-electron chi connectivity index (χ2n) is 3.04. The zero-order chi connectivity index (χ0) is 10.7. The molecule has 1 rings (SSSR count). The molecule has 1 N–H and O–H groups in total. The van der Waals surface area contributed by atoms with Crippen molar-refractivity contribution in [1.29, 1.82) is 0 Å². The Bertz CT molecular complexity index is 354. The summed E-state index contributed by atoms with van der Waals surface area (Å²) in [5.41, 5.74) is 0.890. The van der Waals surface area contributed by atoms with Gasteiger partial charge in [0.1, 0.15) is 6.10 Å². The molecule has 1 aromatic carbocycles. The summed E-state index contributed by atoms with van der Waals surface area (Å²) >= 11 is 3.29. The molecule has 0 saturated heterocycles. The molecule has 0 aliphatic rings. The van der Waals surface area contributed by atoms with Crippen LogP contribution in [0.3, 0.4) is 0 Å². The Hall–Kier alpha value is -0.930. The van der Waals surface area contributed by atoms with Gasteiger partial charge >= 0.3 is 0 Å². The quantitative estimate of drug-likeness (QED) is 0.843. The first-order valence-corrected chi connectivity index (χ1v) is 4.95. The molecular weight excluding hydrogens is 244 g/mol. The van der Waals surface area contributed by atoms with E-state index in [-0.39, 0.29) is 11.4 Å². The lowest BCUT2D eigenvalue weighted by Gasteiger charge is -2.11. The maximum absolute atomic E-state index is 11.0. The van der Waals surface area contributed by atoms with Crippen molar-refractivity contribution in [2.75, 3.05) is 0 Å². The number of rotatable bonds is 3. The van der Waals surface area contributed by atoms with Gasteiger partial charge in [0.25, 0.3) is 0 Å². The van der Waals surface area contributed by atoms with Crippen molar-refractivity contribution in [2.45, 2.75) is 13.0 Å². The average molecular weight is 255 g/mol. The molecule has 3 heteroatoms. The van der Waals surface area contributed by atoms with E-state index in [1.807, 2.05) is 12.1 Å². The molecule has 0 aliphatic heterocycles. The number of aliphatic hydroxyl groups is 1. The summed E-state index contributed by atoms with van der Waals surface area (Å²) < 4.78 is 0.932. The smallest absolute Gasteiger partial charge is 0.158 e. The van der Waals surface area contributed by atoms with Crippen LogP contribution in [0.2, 0.25) is 0 Å². The highest BCUT2D eigenvalue weighted by Gasteiger charge is 2.14. The standard InChI is InChI=1S/C11H11BrO2/c1-7(8(2)13)11(14)9-3-5-10(12)6-4-9/h3-6,11,14H,1H2,2H3/t11-/m1/s1. The lowest BCUT2D eigenvalue weighted by Crippen LogP contribution is -2.07. The van der Waals surface area contributed by atoms with E-state index in [0.717, 1.165) is 4.47 Å². The van der Waals surface area contributed by atoms with E-state index in [1.54, 1.807) is 12.1 Å². The Balaban J connectivity index is 2.89. The first-order valence-electron chi connectivity index (χ1n) is 4.15. The third-order valence-electron chi connectivity index (χ3n) is 1.97. The number of ketones is 1. The predicted octanol–water partition coefficient (Wildman–Crippen LogP) is 2.63. The first-order chi connectivity index (χ1) is 6.52. The van der Waals surface area contributed by atoms with E-state index in [2.05, 4.69) is 22.5 Å². The van der Waals surface area contributed by atoms with Crippen LogP contribution in [0.25, 0.3) is 0 Å². The minimum atomic E-state index is -0.902. The summed E-state index contributed by atoms with van der Waals surface area (Å²) in [4.78, 5) is 11.0. The SMILES string of the molecule is C=C(C(C)=O)[C@@H](O)c1ccc(Br)cc1. The maximum Gasteiger partial charge on any atom is 0.158 e.